The van der Waals surface area contributed by atoms with Gasteiger partial charge in [0.2, 0.25) is 5.91 Å². The highest BCUT2D eigenvalue weighted by Gasteiger charge is 2.36. The normalized spacial score (nSPS) is 16.8. The molecule has 0 bridgehead atoms. The van der Waals surface area contributed by atoms with E-state index in [0.29, 0.717) is 22.3 Å². The third kappa shape index (κ3) is 3.35. The highest BCUT2D eigenvalue weighted by Crippen LogP contribution is 2.28. The Hall–Kier alpha value is -2.32. The molecule has 27 heavy (non-hydrogen) atoms. The zero-order valence-corrected chi connectivity index (χ0v) is 16.7. The number of carbonyl (C=O) groups is 2. The summed E-state index contributed by atoms with van der Waals surface area (Å²) in [5.41, 5.74) is 2.52. The molecule has 1 saturated heterocycles. The van der Waals surface area contributed by atoms with Gasteiger partial charge in [-0.1, -0.05) is 25.1 Å². The Morgan fingerprint density at radius 3 is 2.96 bits per heavy atom. The number of thiazole rings is 1. The maximum Gasteiger partial charge on any atom is 0.257 e. The predicted octanol–water partition coefficient (Wildman–Crippen LogP) is 3.65. The van der Waals surface area contributed by atoms with Crippen LogP contribution in [0.25, 0.3) is 10.9 Å². The van der Waals surface area contributed by atoms with Gasteiger partial charge < -0.3 is 15.2 Å². The van der Waals surface area contributed by atoms with Crippen LogP contribution < -0.4 is 5.32 Å². The molecule has 0 saturated carbocycles. The van der Waals surface area contributed by atoms with E-state index in [0.717, 1.165) is 27.9 Å². The van der Waals surface area contributed by atoms with Crippen molar-refractivity contribution in [2.45, 2.75) is 26.3 Å². The molecule has 140 valence electrons. The Balaban J connectivity index is 1.54. The molecule has 0 aliphatic carbocycles. The van der Waals surface area contributed by atoms with Gasteiger partial charge in [-0.3, -0.25) is 9.59 Å². The summed E-state index contributed by atoms with van der Waals surface area (Å²) in [7, 11) is 0. The lowest BCUT2D eigenvalue weighted by atomic mass is 10.1. The first-order valence-electron chi connectivity index (χ1n) is 8.80. The van der Waals surface area contributed by atoms with Crippen molar-refractivity contribution >= 4 is 50.9 Å². The number of aromatic amines is 1. The van der Waals surface area contributed by atoms with E-state index in [1.54, 1.807) is 22.9 Å². The Morgan fingerprint density at radius 2 is 2.19 bits per heavy atom. The van der Waals surface area contributed by atoms with Crippen molar-refractivity contribution < 1.29 is 9.59 Å². The lowest BCUT2D eigenvalue weighted by Gasteiger charge is -2.22. The van der Waals surface area contributed by atoms with Gasteiger partial charge in [-0.2, -0.15) is 0 Å². The van der Waals surface area contributed by atoms with E-state index < -0.39 is 6.04 Å². The van der Waals surface area contributed by atoms with Gasteiger partial charge >= 0.3 is 0 Å². The van der Waals surface area contributed by atoms with Gasteiger partial charge in [-0.25, -0.2) is 4.98 Å². The number of amides is 2. The zero-order valence-electron chi connectivity index (χ0n) is 15.1. The molecule has 1 aromatic carbocycles. The summed E-state index contributed by atoms with van der Waals surface area (Å²) in [4.78, 5) is 36.3. The Bertz CT molecular complexity index is 1010. The highest BCUT2D eigenvalue weighted by atomic mass is 32.2. The fraction of sp³-hybridized carbons (Fsp3) is 0.316. The number of anilines is 1. The minimum Gasteiger partial charge on any atom is -0.360 e. The fourth-order valence-corrected chi connectivity index (χ4v) is 5.32. The SMILES string of the molecule is CCc1nc(NC(=O)C2CSCN2C(=O)c2c[nH]c3ccccc23)sc1C. The zero-order chi connectivity index (χ0) is 19.0. The minimum atomic E-state index is -0.495. The van der Waals surface area contributed by atoms with Crippen molar-refractivity contribution in [1.82, 2.24) is 14.9 Å². The first kappa shape index (κ1) is 18.1. The molecule has 1 atom stereocenters. The molecule has 1 aliphatic heterocycles. The van der Waals surface area contributed by atoms with E-state index >= 15 is 0 Å². The predicted molar refractivity (Wildman–Crippen MR) is 110 cm³/mol. The van der Waals surface area contributed by atoms with Gasteiger partial charge in [0.05, 0.1) is 17.1 Å². The summed E-state index contributed by atoms with van der Waals surface area (Å²) in [6.45, 7) is 4.05. The number of hydrogen-bond donors (Lipinski definition) is 2. The van der Waals surface area contributed by atoms with Gasteiger partial charge in [0.15, 0.2) is 5.13 Å². The van der Waals surface area contributed by atoms with E-state index in [1.807, 2.05) is 38.1 Å². The van der Waals surface area contributed by atoms with Crippen LogP contribution in [0, 0.1) is 6.92 Å². The number of nitrogens with one attached hydrogen (secondary N) is 2. The maximum absolute atomic E-state index is 13.1. The molecular formula is C19H20N4O2S2. The Morgan fingerprint density at radius 1 is 1.37 bits per heavy atom. The van der Waals surface area contributed by atoms with Crippen LogP contribution in [0.1, 0.15) is 27.9 Å². The molecule has 2 amide bonds. The van der Waals surface area contributed by atoms with Crippen LogP contribution >= 0.6 is 23.1 Å². The highest BCUT2D eigenvalue weighted by molar-refractivity contribution is 7.99. The molecule has 2 N–H and O–H groups in total. The average Bonchev–Trinajstić information content (AvgIpc) is 3.39. The topological polar surface area (TPSA) is 78.1 Å². The molecule has 1 fully saturated rings. The van der Waals surface area contributed by atoms with Gasteiger partial charge in [-0.05, 0) is 19.4 Å². The van der Waals surface area contributed by atoms with Crippen LogP contribution in [0.5, 0.6) is 0 Å². The number of thioether (sulfide) groups is 1. The van der Waals surface area contributed by atoms with Gasteiger partial charge in [-0.15, -0.1) is 23.1 Å². The van der Waals surface area contributed by atoms with Crippen molar-refractivity contribution in [3.8, 4) is 0 Å². The number of carbonyl (C=O) groups excluding carboxylic acids is 2. The van der Waals surface area contributed by atoms with Gasteiger partial charge in [0, 0.05) is 27.7 Å². The van der Waals surface area contributed by atoms with Crippen LogP contribution in [-0.4, -0.2) is 44.4 Å². The maximum atomic E-state index is 13.1. The molecule has 6 nitrogen and oxygen atoms in total. The third-order valence-corrected chi connectivity index (χ3v) is 6.66. The van der Waals surface area contributed by atoms with Crippen LogP contribution in [0.3, 0.4) is 0 Å². The summed E-state index contributed by atoms with van der Waals surface area (Å²) in [6.07, 6.45) is 2.56. The number of benzene rings is 1. The number of nitrogens with zero attached hydrogens (tertiary/aromatic N) is 2. The molecule has 1 aliphatic rings. The summed E-state index contributed by atoms with van der Waals surface area (Å²) in [5.74, 6) is 0.796. The third-order valence-electron chi connectivity index (χ3n) is 4.72. The molecular weight excluding hydrogens is 380 g/mol. The Kier molecular flexibility index (Phi) is 4.92. The van der Waals surface area contributed by atoms with Crippen molar-refractivity contribution in [3.63, 3.8) is 0 Å². The van der Waals surface area contributed by atoms with Crippen molar-refractivity contribution in [2.75, 3.05) is 16.9 Å². The number of H-pyrrole nitrogens is 1. The van der Waals surface area contributed by atoms with Gasteiger partial charge in [0.1, 0.15) is 6.04 Å². The average molecular weight is 401 g/mol. The number of rotatable bonds is 4. The fourth-order valence-electron chi connectivity index (χ4n) is 3.26. The van der Waals surface area contributed by atoms with Crippen LogP contribution in [-0.2, 0) is 11.2 Å². The lowest BCUT2D eigenvalue weighted by Crippen LogP contribution is -2.44. The number of hydrogen-bond acceptors (Lipinski definition) is 5. The first-order chi connectivity index (χ1) is 13.1. The minimum absolute atomic E-state index is 0.123. The van der Waals surface area contributed by atoms with Crippen molar-refractivity contribution in [3.05, 3.63) is 46.6 Å². The molecule has 1 unspecified atom stereocenters. The summed E-state index contributed by atoms with van der Waals surface area (Å²) >= 11 is 3.07. The quantitative estimate of drug-likeness (QED) is 0.701. The molecule has 0 radical (unpaired) electrons. The Labute approximate surface area is 165 Å². The summed E-state index contributed by atoms with van der Waals surface area (Å²) in [5, 5.41) is 4.38. The van der Waals surface area contributed by atoms with Crippen LogP contribution in [0.15, 0.2) is 30.5 Å². The number of aromatic nitrogens is 2. The smallest absolute Gasteiger partial charge is 0.257 e. The number of para-hydroxylation sites is 1. The number of aryl methyl sites for hydroxylation is 2. The van der Waals surface area contributed by atoms with Crippen LogP contribution in [0.2, 0.25) is 0 Å². The van der Waals surface area contributed by atoms with E-state index in [9.17, 15) is 9.59 Å². The monoisotopic (exact) mass is 400 g/mol. The molecule has 3 heterocycles. The number of fused-ring (bicyclic) bond motifs is 1. The molecule has 8 heteroatoms. The second-order valence-electron chi connectivity index (χ2n) is 6.40. The van der Waals surface area contributed by atoms with Crippen molar-refractivity contribution in [2.24, 2.45) is 0 Å². The van der Waals surface area contributed by atoms with Crippen LogP contribution in [0.4, 0.5) is 5.13 Å². The molecule has 0 spiro atoms. The summed E-state index contributed by atoms with van der Waals surface area (Å²) < 4.78 is 0. The molecule has 2 aromatic heterocycles. The van der Waals surface area contributed by atoms with E-state index in [1.165, 1.54) is 11.3 Å². The first-order valence-corrected chi connectivity index (χ1v) is 10.8. The van der Waals surface area contributed by atoms with E-state index in [2.05, 4.69) is 15.3 Å². The summed E-state index contributed by atoms with van der Waals surface area (Å²) in [6, 6.07) is 7.19. The van der Waals surface area contributed by atoms with E-state index in [-0.39, 0.29) is 11.8 Å². The molecule has 3 aromatic rings. The van der Waals surface area contributed by atoms with E-state index in [4.69, 9.17) is 0 Å². The largest absolute Gasteiger partial charge is 0.360 e. The second kappa shape index (κ2) is 7.36. The van der Waals surface area contributed by atoms with Crippen molar-refractivity contribution in [1.29, 1.82) is 0 Å². The molecule has 4 rings (SSSR count). The lowest BCUT2D eigenvalue weighted by molar-refractivity contribution is -0.119. The second-order valence-corrected chi connectivity index (χ2v) is 8.61. The van der Waals surface area contributed by atoms with Gasteiger partial charge in [0.25, 0.3) is 5.91 Å². The standard InChI is InChI=1S/C19H20N4O2S2/c1-3-14-11(2)27-19(21-14)22-17(24)16-9-26-10-23(16)18(25)13-8-20-15-7-5-4-6-12(13)15/h4-8,16,20H,3,9-10H2,1-2H3,(H,21,22,24).